The number of nitrogens with one attached hydrogen (secondary N) is 1. The van der Waals surface area contributed by atoms with Gasteiger partial charge >= 0.3 is 12.7 Å². The Hall–Kier alpha value is -3.50. The molecule has 1 aliphatic carbocycles. The first-order valence-electron chi connectivity index (χ1n) is 11.7. The highest BCUT2D eigenvalue weighted by molar-refractivity contribution is 6.35. The average Bonchev–Trinajstić information content (AvgIpc) is 3.69. The summed E-state index contributed by atoms with van der Waals surface area (Å²) in [6.07, 6.45) is 2.52. The molecule has 0 bridgehead atoms. The smallest absolute Gasteiger partial charge is 0.408 e. The Bertz CT molecular complexity index is 1250. The predicted molar refractivity (Wildman–Crippen MR) is 137 cm³/mol. The second-order valence-corrected chi connectivity index (χ2v) is 9.64. The molecule has 3 aromatic rings. The molecule has 1 aromatic heterocycles. The maximum absolute atomic E-state index is 13.0. The maximum Gasteiger partial charge on any atom is 0.408 e. The minimum atomic E-state index is -3.05. The van der Waals surface area contributed by atoms with E-state index in [0.717, 1.165) is 30.8 Å². The Balaban J connectivity index is 1.59. The third-order valence-corrected chi connectivity index (χ3v) is 6.49. The SMILES string of the molecule is Nc1ccc(CNC(=O)O[C@@H](Cc2c(Cl)c[n+]([O-])cc2Cl)c2ccc(OC(F)F)c(OCC3CC3)c2)cc1. The second kappa shape index (κ2) is 12.4. The van der Waals surface area contributed by atoms with Gasteiger partial charge in [0.15, 0.2) is 23.9 Å². The largest absolute Gasteiger partial charge is 0.619 e. The van der Waals surface area contributed by atoms with E-state index < -0.39 is 18.8 Å². The van der Waals surface area contributed by atoms with Gasteiger partial charge in [-0.25, -0.2) is 4.79 Å². The lowest BCUT2D eigenvalue weighted by atomic mass is 10.0. The molecule has 38 heavy (non-hydrogen) atoms. The molecule has 0 aliphatic heterocycles. The number of carbonyl (C=O) groups excluding carboxylic acids is 1. The van der Waals surface area contributed by atoms with Crippen molar-refractivity contribution in [2.24, 2.45) is 5.92 Å². The first kappa shape index (κ1) is 27.5. The predicted octanol–water partition coefficient (Wildman–Crippen LogP) is 5.81. The van der Waals surface area contributed by atoms with Crippen LogP contribution in [0.1, 0.15) is 35.6 Å². The molecule has 1 saturated carbocycles. The Morgan fingerprint density at radius 2 is 1.79 bits per heavy atom. The number of alkyl halides is 2. The second-order valence-electron chi connectivity index (χ2n) is 8.82. The van der Waals surface area contributed by atoms with Crippen molar-refractivity contribution in [3.05, 3.63) is 86.8 Å². The van der Waals surface area contributed by atoms with Crippen LogP contribution in [0.5, 0.6) is 11.5 Å². The van der Waals surface area contributed by atoms with Crippen LogP contribution < -0.4 is 25.3 Å². The van der Waals surface area contributed by atoms with E-state index >= 15 is 0 Å². The number of carbonyl (C=O) groups is 1. The number of aromatic nitrogens is 1. The van der Waals surface area contributed by atoms with Crippen molar-refractivity contribution in [1.29, 1.82) is 0 Å². The number of pyridine rings is 1. The van der Waals surface area contributed by atoms with Gasteiger partial charge in [-0.15, -0.1) is 0 Å². The molecule has 0 unspecified atom stereocenters. The van der Waals surface area contributed by atoms with Gasteiger partial charge in [-0.05, 0) is 54.2 Å². The van der Waals surface area contributed by atoms with E-state index in [2.05, 4.69) is 10.1 Å². The average molecular weight is 568 g/mol. The number of alkyl carbamates (subject to hydrolysis) is 1. The molecule has 0 spiro atoms. The number of nitrogens with two attached hydrogens (primary N) is 1. The molecule has 1 fully saturated rings. The third kappa shape index (κ3) is 7.75. The first-order chi connectivity index (χ1) is 18.2. The van der Waals surface area contributed by atoms with E-state index in [1.54, 1.807) is 24.3 Å². The van der Waals surface area contributed by atoms with Crippen LogP contribution >= 0.6 is 23.2 Å². The van der Waals surface area contributed by atoms with Crippen molar-refractivity contribution in [3.8, 4) is 11.5 Å². The van der Waals surface area contributed by atoms with Crippen LogP contribution in [0.4, 0.5) is 19.3 Å². The summed E-state index contributed by atoms with van der Waals surface area (Å²) in [6, 6.07) is 11.2. The summed E-state index contributed by atoms with van der Waals surface area (Å²) < 4.78 is 42.5. The standard InChI is InChI=1S/C26H25Cl2F2N3O5/c27-20-12-33(35)13-21(28)19(20)10-23(38-26(34)32-11-15-3-6-18(31)7-4-15)17-5-8-22(37-25(29)30)24(9-17)36-14-16-1-2-16/h3-9,12-13,16,23,25H,1-2,10-11,14,31H2,(H,32,34)/t23-/m0/s1. The Kier molecular flexibility index (Phi) is 8.96. The summed E-state index contributed by atoms with van der Waals surface area (Å²) in [4.78, 5) is 12.8. The van der Waals surface area contributed by atoms with E-state index in [-0.39, 0.29) is 34.5 Å². The number of amides is 1. The highest BCUT2D eigenvalue weighted by Crippen LogP contribution is 2.37. The molecule has 1 aliphatic rings. The van der Waals surface area contributed by atoms with Crippen molar-refractivity contribution in [1.82, 2.24) is 5.32 Å². The van der Waals surface area contributed by atoms with Crippen LogP contribution in [0.15, 0.2) is 54.9 Å². The van der Waals surface area contributed by atoms with Gasteiger partial charge in [0.25, 0.3) is 0 Å². The van der Waals surface area contributed by atoms with E-state index in [9.17, 15) is 18.8 Å². The van der Waals surface area contributed by atoms with Gasteiger partial charge < -0.3 is 30.5 Å². The van der Waals surface area contributed by atoms with Gasteiger partial charge in [0.05, 0.1) is 6.61 Å². The van der Waals surface area contributed by atoms with Crippen LogP contribution in [-0.4, -0.2) is 19.3 Å². The number of benzene rings is 2. The van der Waals surface area contributed by atoms with Crippen LogP contribution in [0.25, 0.3) is 0 Å². The number of hydrogen-bond acceptors (Lipinski definition) is 6. The summed E-state index contributed by atoms with van der Waals surface area (Å²) in [7, 11) is 0. The van der Waals surface area contributed by atoms with Crippen molar-refractivity contribution in [2.45, 2.75) is 38.5 Å². The maximum atomic E-state index is 13.0. The van der Waals surface area contributed by atoms with Crippen molar-refractivity contribution in [3.63, 3.8) is 0 Å². The minimum absolute atomic E-state index is 0.00901. The quantitative estimate of drug-likeness (QED) is 0.172. The number of nitrogen functional groups attached to an aromatic ring is 1. The zero-order valence-corrected chi connectivity index (χ0v) is 21.6. The molecule has 0 radical (unpaired) electrons. The van der Waals surface area contributed by atoms with Crippen LogP contribution in [-0.2, 0) is 17.7 Å². The molecular formula is C26H25Cl2F2N3O5. The molecule has 2 aromatic carbocycles. The van der Waals surface area contributed by atoms with Gasteiger partial charge in [-0.2, -0.15) is 13.5 Å². The summed E-state index contributed by atoms with van der Waals surface area (Å²) >= 11 is 12.5. The van der Waals surface area contributed by atoms with E-state index in [1.807, 2.05) is 0 Å². The van der Waals surface area contributed by atoms with E-state index in [4.69, 9.17) is 38.4 Å². The summed E-state index contributed by atoms with van der Waals surface area (Å²) in [5, 5.41) is 14.5. The van der Waals surface area contributed by atoms with Gasteiger partial charge in [0.1, 0.15) is 16.1 Å². The molecule has 3 N–H and O–H groups in total. The van der Waals surface area contributed by atoms with Crippen molar-refractivity contribution >= 4 is 35.0 Å². The van der Waals surface area contributed by atoms with Crippen LogP contribution in [0, 0.1) is 11.1 Å². The van der Waals surface area contributed by atoms with Gasteiger partial charge in [0, 0.05) is 24.2 Å². The monoisotopic (exact) mass is 567 g/mol. The molecule has 1 heterocycles. The number of anilines is 1. The summed E-state index contributed by atoms with van der Waals surface area (Å²) in [5.74, 6) is 0.303. The molecule has 8 nitrogen and oxygen atoms in total. The van der Waals surface area contributed by atoms with Crippen LogP contribution in [0.3, 0.4) is 0 Å². The van der Waals surface area contributed by atoms with E-state index in [0.29, 0.717) is 34.1 Å². The van der Waals surface area contributed by atoms with Gasteiger partial charge in [-0.3, -0.25) is 0 Å². The number of halogens is 4. The highest BCUT2D eigenvalue weighted by atomic mass is 35.5. The molecule has 202 valence electrons. The lowest BCUT2D eigenvalue weighted by Crippen LogP contribution is -2.27. The minimum Gasteiger partial charge on any atom is -0.619 e. The molecule has 12 heteroatoms. The highest BCUT2D eigenvalue weighted by Gasteiger charge is 2.26. The first-order valence-corrected chi connectivity index (χ1v) is 12.5. The molecular weight excluding hydrogens is 543 g/mol. The number of hydrogen-bond donors (Lipinski definition) is 2. The Morgan fingerprint density at radius 1 is 1.11 bits per heavy atom. The van der Waals surface area contributed by atoms with Gasteiger partial charge in [0.2, 0.25) is 0 Å². The fourth-order valence-corrected chi connectivity index (χ4v) is 4.24. The topological polar surface area (TPSA) is 110 Å². The fraction of sp³-hybridized carbons (Fsp3) is 0.308. The zero-order valence-electron chi connectivity index (χ0n) is 20.0. The summed E-state index contributed by atoms with van der Waals surface area (Å²) in [5.41, 5.74) is 7.87. The number of nitrogens with zero attached hydrogens (tertiary/aromatic N) is 1. The Labute approximate surface area is 227 Å². The summed E-state index contributed by atoms with van der Waals surface area (Å²) in [6.45, 7) is -2.53. The van der Waals surface area contributed by atoms with E-state index in [1.165, 1.54) is 18.2 Å². The molecule has 1 atom stereocenters. The number of ether oxygens (including phenoxy) is 3. The van der Waals surface area contributed by atoms with Crippen LogP contribution in [0.2, 0.25) is 10.0 Å². The lowest BCUT2D eigenvalue weighted by molar-refractivity contribution is -0.605. The van der Waals surface area contributed by atoms with Gasteiger partial charge in [-0.1, -0.05) is 41.4 Å². The zero-order chi connectivity index (χ0) is 27.2. The molecule has 4 rings (SSSR count). The number of rotatable bonds is 11. The normalized spacial score (nSPS) is 13.7. The third-order valence-electron chi connectivity index (χ3n) is 5.84. The molecule has 1 amide bonds. The lowest BCUT2D eigenvalue weighted by Gasteiger charge is -2.21. The Morgan fingerprint density at radius 3 is 2.42 bits per heavy atom. The van der Waals surface area contributed by atoms with Crippen molar-refractivity contribution in [2.75, 3.05) is 12.3 Å². The molecule has 0 saturated heterocycles. The fourth-order valence-electron chi connectivity index (χ4n) is 3.64. The van der Waals surface area contributed by atoms with Crippen molar-refractivity contribution < 1.29 is 32.5 Å².